The van der Waals surface area contributed by atoms with Gasteiger partial charge in [0.1, 0.15) is 5.69 Å². The highest BCUT2D eigenvalue weighted by Crippen LogP contribution is 2.43. The highest BCUT2D eigenvalue weighted by molar-refractivity contribution is 6.01. The SMILES string of the molecule is COc1cc2c(C=O)nccc2c(OC)c1OC. The van der Waals surface area contributed by atoms with E-state index in [1.807, 2.05) is 0 Å². The Kier molecular flexibility index (Phi) is 3.32. The molecule has 5 nitrogen and oxygen atoms in total. The molecule has 0 spiro atoms. The predicted octanol–water partition coefficient (Wildman–Crippen LogP) is 2.07. The van der Waals surface area contributed by atoms with Crippen molar-refractivity contribution in [3.05, 3.63) is 24.0 Å². The monoisotopic (exact) mass is 247 g/mol. The molecule has 0 saturated heterocycles. The quantitative estimate of drug-likeness (QED) is 0.774. The Morgan fingerprint density at radius 3 is 2.33 bits per heavy atom. The third-order valence-corrected chi connectivity index (χ3v) is 2.71. The second-order valence-electron chi connectivity index (χ2n) is 3.55. The topological polar surface area (TPSA) is 57.7 Å². The van der Waals surface area contributed by atoms with E-state index in [0.717, 1.165) is 5.39 Å². The number of carbonyl (C=O) groups is 1. The van der Waals surface area contributed by atoms with Gasteiger partial charge in [-0.05, 0) is 12.1 Å². The molecular formula is C13H13NO4. The fourth-order valence-electron chi connectivity index (χ4n) is 1.91. The molecular weight excluding hydrogens is 234 g/mol. The van der Waals surface area contributed by atoms with Crippen LogP contribution in [0.3, 0.4) is 0 Å². The Morgan fingerprint density at radius 1 is 1.06 bits per heavy atom. The normalized spacial score (nSPS) is 10.2. The third kappa shape index (κ3) is 1.73. The number of hydrogen-bond donors (Lipinski definition) is 0. The lowest BCUT2D eigenvalue weighted by molar-refractivity contribution is 0.112. The van der Waals surface area contributed by atoms with Crippen molar-refractivity contribution in [3.8, 4) is 17.2 Å². The van der Waals surface area contributed by atoms with Crippen LogP contribution < -0.4 is 14.2 Å². The molecule has 0 radical (unpaired) electrons. The molecule has 94 valence electrons. The first-order valence-corrected chi connectivity index (χ1v) is 5.29. The molecule has 1 heterocycles. The van der Waals surface area contributed by atoms with Crippen LogP contribution in [-0.4, -0.2) is 32.6 Å². The van der Waals surface area contributed by atoms with Gasteiger partial charge >= 0.3 is 0 Å². The maximum Gasteiger partial charge on any atom is 0.203 e. The second-order valence-corrected chi connectivity index (χ2v) is 3.55. The summed E-state index contributed by atoms with van der Waals surface area (Å²) >= 11 is 0. The van der Waals surface area contributed by atoms with Crippen molar-refractivity contribution < 1.29 is 19.0 Å². The number of rotatable bonds is 4. The highest BCUT2D eigenvalue weighted by atomic mass is 16.5. The fourth-order valence-corrected chi connectivity index (χ4v) is 1.91. The van der Waals surface area contributed by atoms with Gasteiger partial charge in [-0.3, -0.25) is 9.78 Å². The van der Waals surface area contributed by atoms with Crippen molar-refractivity contribution in [1.29, 1.82) is 0 Å². The van der Waals surface area contributed by atoms with E-state index in [4.69, 9.17) is 14.2 Å². The van der Waals surface area contributed by atoms with E-state index in [9.17, 15) is 4.79 Å². The molecule has 0 unspecified atom stereocenters. The second kappa shape index (κ2) is 4.91. The molecule has 2 aromatic rings. The maximum atomic E-state index is 11.0. The van der Waals surface area contributed by atoms with Crippen LogP contribution in [-0.2, 0) is 0 Å². The standard InChI is InChI=1S/C13H13NO4/c1-16-11-6-9-8(4-5-14-10(9)7-15)12(17-2)13(11)18-3/h4-7H,1-3H3. The smallest absolute Gasteiger partial charge is 0.203 e. The summed E-state index contributed by atoms with van der Waals surface area (Å²) in [5.41, 5.74) is 0.340. The van der Waals surface area contributed by atoms with E-state index in [-0.39, 0.29) is 0 Å². The number of fused-ring (bicyclic) bond motifs is 1. The summed E-state index contributed by atoms with van der Waals surface area (Å²) in [6.45, 7) is 0. The average Bonchev–Trinajstić information content (AvgIpc) is 2.44. The molecule has 0 N–H and O–H groups in total. The van der Waals surface area contributed by atoms with Crippen molar-refractivity contribution in [2.45, 2.75) is 0 Å². The molecule has 0 aliphatic rings. The minimum atomic E-state index is 0.340. The Labute approximate surface area is 104 Å². The molecule has 0 aliphatic heterocycles. The van der Waals surface area contributed by atoms with E-state index < -0.39 is 0 Å². The van der Waals surface area contributed by atoms with E-state index >= 15 is 0 Å². The molecule has 5 heteroatoms. The Morgan fingerprint density at radius 2 is 1.78 bits per heavy atom. The van der Waals surface area contributed by atoms with E-state index in [2.05, 4.69) is 4.98 Å². The molecule has 0 bridgehead atoms. The summed E-state index contributed by atoms with van der Waals surface area (Å²) in [5.74, 6) is 1.52. The van der Waals surface area contributed by atoms with Crippen LogP contribution in [0.15, 0.2) is 18.3 Å². The lowest BCUT2D eigenvalue weighted by atomic mass is 10.1. The lowest BCUT2D eigenvalue weighted by Crippen LogP contribution is -1.98. The molecule has 0 atom stereocenters. The van der Waals surface area contributed by atoms with E-state index in [1.165, 1.54) is 21.3 Å². The number of carbonyl (C=O) groups excluding carboxylic acids is 1. The number of hydrogen-bond acceptors (Lipinski definition) is 5. The Bertz CT molecular complexity index is 595. The fraction of sp³-hybridized carbons (Fsp3) is 0.231. The molecule has 0 saturated carbocycles. The maximum absolute atomic E-state index is 11.0. The van der Waals surface area contributed by atoms with Crippen LogP contribution in [0.2, 0.25) is 0 Å². The third-order valence-electron chi connectivity index (χ3n) is 2.71. The highest BCUT2D eigenvalue weighted by Gasteiger charge is 2.17. The number of nitrogens with zero attached hydrogens (tertiary/aromatic N) is 1. The van der Waals surface area contributed by atoms with Gasteiger partial charge < -0.3 is 14.2 Å². The summed E-state index contributed by atoms with van der Waals surface area (Å²) in [4.78, 5) is 15.0. The van der Waals surface area contributed by atoms with Gasteiger partial charge in [0.05, 0.1) is 21.3 Å². The molecule has 18 heavy (non-hydrogen) atoms. The zero-order valence-electron chi connectivity index (χ0n) is 10.4. The molecule has 2 rings (SSSR count). The number of benzene rings is 1. The van der Waals surface area contributed by atoms with Gasteiger partial charge in [-0.2, -0.15) is 0 Å². The van der Waals surface area contributed by atoms with Gasteiger partial charge in [-0.1, -0.05) is 0 Å². The van der Waals surface area contributed by atoms with Crippen LogP contribution in [0.5, 0.6) is 17.2 Å². The van der Waals surface area contributed by atoms with Gasteiger partial charge in [0.2, 0.25) is 5.75 Å². The Hall–Kier alpha value is -2.30. The first-order chi connectivity index (χ1) is 8.76. The van der Waals surface area contributed by atoms with Gasteiger partial charge in [0.15, 0.2) is 17.8 Å². The first-order valence-electron chi connectivity index (χ1n) is 5.29. The zero-order valence-corrected chi connectivity index (χ0v) is 10.4. The van der Waals surface area contributed by atoms with Crippen LogP contribution in [0.25, 0.3) is 10.8 Å². The summed E-state index contributed by atoms with van der Waals surface area (Å²) in [6, 6.07) is 3.48. The van der Waals surface area contributed by atoms with Crippen LogP contribution in [0.1, 0.15) is 10.5 Å². The molecule has 1 aromatic carbocycles. The molecule has 1 aromatic heterocycles. The summed E-state index contributed by atoms with van der Waals surface area (Å²) < 4.78 is 15.9. The molecule has 0 amide bonds. The number of aromatic nitrogens is 1. The van der Waals surface area contributed by atoms with Crippen LogP contribution in [0.4, 0.5) is 0 Å². The first kappa shape index (κ1) is 12.2. The number of ether oxygens (including phenoxy) is 3. The van der Waals surface area contributed by atoms with Gasteiger partial charge in [0.25, 0.3) is 0 Å². The lowest BCUT2D eigenvalue weighted by Gasteiger charge is -2.14. The van der Waals surface area contributed by atoms with E-state index in [1.54, 1.807) is 18.3 Å². The van der Waals surface area contributed by atoms with Crippen molar-refractivity contribution in [3.63, 3.8) is 0 Å². The van der Waals surface area contributed by atoms with Crippen LogP contribution >= 0.6 is 0 Å². The van der Waals surface area contributed by atoms with Crippen LogP contribution in [0, 0.1) is 0 Å². The molecule has 0 fully saturated rings. The van der Waals surface area contributed by atoms with Gasteiger partial charge in [-0.15, -0.1) is 0 Å². The van der Waals surface area contributed by atoms with Crippen molar-refractivity contribution in [2.75, 3.05) is 21.3 Å². The van der Waals surface area contributed by atoms with Gasteiger partial charge in [-0.25, -0.2) is 0 Å². The largest absolute Gasteiger partial charge is 0.493 e. The van der Waals surface area contributed by atoms with Crippen molar-refractivity contribution in [2.24, 2.45) is 0 Å². The molecule has 0 aliphatic carbocycles. The summed E-state index contributed by atoms with van der Waals surface area (Å²) in [5, 5.41) is 1.43. The minimum absolute atomic E-state index is 0.340. The zero-order chi connectivity index (χ0) is 13.1. The predicted molar refractivity (Wildman–Crippen MR) is 66.8 cm³/mol. The van der Waals surface area contributed by atoms with E-state index in [0.29, 0.717) is 34.6 Å². The number of aldehydes is 1. The number of pyridine rings is 1. The average molecular weight is 247 g/mol. The summed E-state index contributed by atoms with van der Waals surface area (Å²) in [6.07, 6.45) is 2.26. The van der Waals surface area contributed by atoms with Crippen molar-refractivity contribution >= 4 is 17.1 Å². The number of methoxy groups -OCH3 is 3. The Balaban J connectivity index is 2.91. The minimum Gasteiger partial charge on any atom is -0.493 e. The van der Waals surface area contributed by atoms with Crippen molar-refractivity contribution in [1.82, 2.24) is 4.98 Å². The summed E-state index contributed by atoms with van der Waals surface area (Å²) in [7, 11) is 4.60. The van der Waals surface area contributed by atoms with Gasteiger partial charge in [0, 0.05) is 17.0 Å².